The molecule has 0 radical (unpaired) electrons. The van der Waals surface area contributed by atoms with Gasteiger partial charge in [0.2, 0.25) is 0 Å². The first-order valence-corrected chi connectivity index (χ1v) is 4.30. The Morgan fingerprint density at radius 2 is 2.21 bits per heavy atom. The van der Waals surface area contributed by atoms with Crippen LogP contribution in [0.4, 0.5) is 4.39 Å². The molecule has 1 aliphatic carbocycles. The van der Waals surface area contributed by atoms with E-state index in [1.54, 1.807) is 13.0 Å². The summed E-state index contributed by atoms with van der Waals surface area (Å²) >= 11 is 0. The summed E-state index contributed by atoms with van der Waals surface area (Å²) in [5, 5.41) is 2.70. The average Bonchev–Trinajstić information content (AvgIpc) is 2.51. The molecule has 1 unspecified atom stereocenters. The third-order valence-electron chi connectivity index (χ3n) is 2.57. The van der Waals surface area contributed by atoms with Crippen molar-refractivity contribution >= 4 is 5.78 Å². The lowest BCUT2D eigenvalue weighted by Crippen LogP contribution is -2.12. The lowest BCUT2D eigenvalue weighted by Gasteiger charge is -2.01. The van der Waals surface area contributed by atoms with Gasteiger partial charge in [-0.3, -0.25) is 4.79 Å². The van der Waals surface area contributed by atoms with Crippen LogP contribution in [0.3, 0.4) is 0 Å². The maximum absolute atomic E-state index is 13.3. The largest absolute Gasteiger partial charge is 0.291 e. The summed E-state index contributed by atoms with van der Waals surface area (Å²) in [7, 11) is 0. The minimum atomic E-state index is -0.930. The predicted molar refractivity (Wildman–Crippen MR) is 48.8 cm³/mol. The molecular formula is C10H8FNO2. The Bertz CT molecular complexity index is 428. The van der Waals surface area contributed by atoms with Crippen LogP contribution in [0, 0.1) is 17.6 Å². The summed E-state index contributed by atoms with van der Waals surface area (Å²) in [4.78, 5) is 21.8. The second kappa shape index (κ2) is 2.97. The van der Waals surface area contributed by atoms with Gasteiger partial charge < -0.3 is 0 Å². The zero-order valence-corrected chi connectivity index (χ0v) is 7.58. The lowest BCUT2D eigenvalue weighted by atomic mass is 10.0. The molecule has 1 atom stereocenters. The van der Waals surface area contributed by atoms with E-state index in [1.807, 2.05) is 0 Å². The number of ketones is 1. The third kappa shape index (κ3) is 1.07. The SMILES string of the molecule is Cc1ccc(F)c2c1CC(N=O)C2=O. The average molecular weight is 193 g/mol. The number of rotatable bonds is 1. The molecule has 0 aromatic heterocycles. The first-order chi connectivity index (χ1) is 6.65. The number of hydrogen-bond acceptors (Lipinski definition) is 3. The molecule has 0 spiro atoms. The molecule has 0 heterocycles. The molecule has 72 valence electrons. The Kier molecular flexibility index (Phi) is 1.91. The van der Waals surface area contributed by atoms with Gasteiger partial charge in [-0.2, -0.15) is 4.91 Å². The number of aryl methyl sites for hydroxylation is 1. The molecule has 1 aliphatic rings. The molecule has 1 aromatic carbocycles. The Balaban J connectivity index is 2.63. The number of fused-ring (bicyclic) bond motifs is 1. The van der Waals surface area contributed by atoms with Gasteiger partial charge in [-0.25, -0.2) is 4.39 Å². The maximum Gasteiger partial charge on any atom is 0.194 e. The topological polar surface area (TPSA) is 46.5 Å². The fourth-order valence-corrected chi connectivity index (χ4v) is 1.79. The molecule has 0 N–H and O–H groups in total. The number of hydrogen-bond donors (Lipinski definition) is 0. The number of carbonyl (C=O) groups excluding carboxylic acids is 1. The zero-order valence-electron chi connectivity index (χ0n) is 7.58. The van der Waals surface area contributed by atoms with Crippen molar-refractivity contribution in [3.05, 3.63) is 39.5 Å². The summed E-state index contributed by atoms with van der Waals surface area (Å²) in [5.41, 5.74) is 1.51. The Morgan fingerprint density at radius 3 is 2.79 bits per heavy atom. The van der Waals surface area contributed by atoms with Crippen LogP contribution in [0.25, 0.3) is 0 Å². The highest BCUT2D eigenvalue weighted by atomic mass is 19.1. The summed E-state index contributed by atoms with van der Waals surface area (Å²) in [6.07, 6.45) is 0.237. The van der Waals surface area contributed by atoms with Gasteiger partial charge in [0.05, 0.1) is 5.56 Å². The van der Waals surface area contributed by atoms with Crippen molar-refractivity contribution in [3.8, 4) is 0 Å². The molecule has 0 saturated heterocycles. The molecular weight excluding hydrogens is 185 g/mol. The third-order valence-corrected chi connectivity index (χ3v) is 2.57. The van der Waals surface area contributed by atoms with Crippen molar-refractivity contribution in [2.24, 2.45) is 5.18 Å². The molecule has 3 nitrogen and oxygen atoms in total. The van der Waals surface area contributed by atoms with Crippen LogP contribution in [0.5, 0.6) is 0 Å². The highest BCUT2D eigenvalue weighted by Crippen LogP contribution is 2.29. The molecule has 0 aliphatic heterocycles. The van der Waals surface area contributed by atoms with Crippen molar-refractivity contribution in [1.29, 1.82) is 0 Å². The second-order valence-corrected chi connectivity index (χ2v) is 3.41. The molecule has 0 saturated carbocycles. The van der Waals surface area contributed by atoms with Crippen molar-refractivity contribution in [2.75, 3.05) is 0 Å². The molecule has 1 aromatic rings. The number of benzene rings is 1. The number of nitroso groups, excluding NO2 is 1. The minimum Gasteiger partial charge on any atom is -0.291 e. The molecule has 0 amide bonds. The molecule has 0 fully saturated rings. The van der Waals surface area contributed by atoms with Crippen LogP contribution in [-0.4, -0.2) is 11.8 Å². The van der Waals surface area contributed by atoms with E-state index in [1.165, 1.54) is 6.07 Å². The van der Waals surface area contributed by atoms with Gasteiger partial charge in [0.15, 0.2) is 11.8 Å². The van der Waals surface area contributed by atoms with E-state index >= 15 is 0 Å². The van der Waals surface area contributed by atoms with E-state index in [4.69, 9.17) is 0 Å². The first kappa shape index (κ1) is 8.99. The van der Waals surface area contributed by atoms with Gasteiger partial charge in [-0.1, -0.05) is 11.2 Å². The molecule has 14 heavy (non-hydrogen) atoms. The van der Waals surface area contributed by atoms with Crippen molar-refractivity contribution < 1.29 is 9.18 Å². The summed E-state index contributed by atoms with van der Waals surface area (Å²) in [6.45, 7) is 1.79. The maximum atomic E-state index is 13.3. The Hall–Kier alpha value is -1.58. The van der Waals surface area contributed by atoms with Gasteiger partial charge in [-0.15, -0.1) is 0 Å². The number of Topliss-reactive ketones (excluding diaryl/α,β-unsaturated/α-hetero) is 1. The molecule has 0 bridgehead atoms. The van der Waals surface area contributed by atoms with E-state index in [0.29, 0.717) is 5.56 Å². The normalized spacial score (nSPS) is 19.6. The summed E-state index contributed by atoms with van der Waals surface area (Å²) in [6, 6.07) is 1.93. The van der Waals surface area contributed by atoms with Crippen LogP contribution in [0.1, 0.15) is 21.5 Å². The van der Waals surface area contributed by atoms with Gasteiger partial charge in [0.25, 0.3) is 0 Å². The number of halogens is 1. The van der Waals surface area contributed by atoms with Crippen molar-refractivity contribution in [3.63, 3.8) is 0 Å². The fourth-order valence-electron chi connectivity index (χ4n) is 1.79. The van der Waals surface area contributed by atoms with Gasteiger partial charge in [0, 0.05) is 6.42 Å². The van der Waals surface area contributed by atoms with Gasteiger partial charge in [0.1, 0.15) is 5.82 Å². The highest BCUT2D eigenvalue weighted by Gasteiger charge is 2.34. The monoisotopic (exact) mass is 193 g/mol. The quantitative estimate of drug-likeness (QED) is 0.640. The Labute approximate surface area is 79.9 Å². The first-order valence-electron chi connectivity index (χ1n) is 4.30. The highest BCUT2D eigenvalue weighted by molar-refractivity contribution is 6.05. The van der Waals surface area contributed by atoms with Crippen LogP contribution in [0.15, 0.2) is 17.3 Å². The van der Waals surface area contributed by atoms with Gasteiger partial charge in [-0.05, 0) is 24.1 Å². The smallest absolute Gasteiger partial charge is 0.194 e. The standard InChI is InChI=1S/C10H8FNO2/c1-5-2-3-7(11)9-6(5)4-8(12-14)10(9)13/h2-3,8H,4H2,1H3. The van der Waals surface area contributed by atoms with Crippen LogP contribution in [0.2, 0.25) is 0 Å². The lowest BCUT2D eigenvalue weighted by molar-refractivity contribution is 0.0972. The Morgan fingerprint density at radius 1 is 1.50 bits per heavy atom. The van der Waals surface area contributed by atoms with Crippen LogP contribution >= 0.6 is 0 Å². The zero-order chi connectivity index (χ0) is 10.3. The number of nitrogens with zero attached hydrogens (tertiary/aromatic N) is 1. The number of carbonyl (C=O) groups is 1. The van der Waals surface area contributed by atoms with E-state index in [0.717, 1.165) is 5.56 Å². The van der Waals surface area contributed by atoms with E-state index in [9.17, 15) is 14.1 Å². The second-order valence-electron chi connectivity index (χ2n) is 3.41. The molecule has 2 rings (SSSR count). The van der Waals surface area contributed by atoms with Crippen LogP contribution < -0.4 is 0 Å². The van der Waals surface area contributed by atoms with Crippen molar-refractivity contribution in [1.82, 2.24) is 0 Å². The van der Waals surface area contributed by atoms with Crippen molar-refractivity contribution in [2.45, 2.75) is 19.4 Å². The van der Waals surface area contributed by atoms with E-state index < -0.39 is 17.6 Å². The van der Waals surface area contributed by atoms with Gasteiger partial charge >= 0.3 is 0 Å². The fraction of sp³-hybridized carbons (Fsp3) is 0.300. The van der Waals surface area contributed by atoms with E-state index in [2.05, 4.69) is 5.18 Å². The van der Waals surface area contributed by atoms with E-state index in [-0.39, 0.29) is 12.0 Å². The molecule has 4 heteroatoms. The van der Waals surface area contributed by atoms with Crippen LogP contribution in [-0.2, 0) is 6.42 Å². The summed E-state index contributed by atoms with van der Waals surface area (Å²) in [5.74, 6) is -1.04. The summed E-state index contributed by atoms with van der Waals surface area (Å²) < 4.78 is 13.3. The predicted octanol–water partition coefficient (Wildman–Crippen LogP) is 2.01. The minimum absolute atomic E-state index is 0.0506.